The minimum Gasteiger partial charge on any atom is -0.412 e. The third-order valence-corrected chi connectivity index (χ3v) is 12.2. The lowest BCUT2D eigenvalue weighted by Crippen LogP contribution is -2.54. The molecule has 6 aromatic rings. The number of amides is 2. The quantitative estimate of drug-likeness (QED) is 0.131. The molecule has 10 rings (SSSR count). The van der Waals surface area contributed by atoms with Gasteiger partial charge in [-0.25, -0.2) is 40.0 Å². The van der Waals surface area contributed by atoms with Crippen LogP contribution in [0.15, 0.2) is 122 Å². The van der Waals surface area contributed by atoms with Crippen LogP contribution in [0.5, 0.6) is 0 Å². The van der Waals surface area contributed by atoms with Gasteiger partial charge in [0.1, 0.15) is 0 Å². The molecule has 2 saturated heterocycles. The molecule has 336 valence electrons. The zero-order valence-corrected chi connectivity index (χ0v) is 35.3. The van der Waals surface area contributed by atoms with Crippen LogP contribution < -0.4 is 10.0 Å². The van der Waals surface area contributed by atoms with Gasteiger partial charge < -0.3 is 14.9 Å². The van der Waals surface area contributed by atoms with Crippen LogP contribution >= 0.6 is 0 Å². The van der Waals surface area contributed by atoms with Crippen molar-refractivity contribution < 1.29 is 42.1 Å². The third-order valence-electron chi connectivity index (χ3n) is 12.2. The molecule has 17 heteroatoms. The predicted molar refractivity (Wildman–Crippen MR) is 231 cm³/mol. The Morgan fingerprint density at radius 2 is 0.754 bits per heavy atom. The maximum Gasteiger partial charge on any atom is 0.252 e. The molecule has 13 nitrogen and oxygen atoms in total. The minimum absolute atomic E-state index is 0. The van der Waals surface area contributed by atoms with Crippen LogP contribution in [-0.2, 0) is 55.6 Å². The highest BCUT2D eigenvalue weighted by atomic mass is 19.1. The van der Waals surface area contributed by atoms with Gasteiger partial charge in [-0.3, -0.25) is 9.59 Å². The summed E-state index contributed by atoms with van der Waals surface area (Å²) in [6, 6.07) is 27.5. The number of carbonyl (C=O) groups excluding carboxylic acids is 2. The zero-order chi connectivity index (χ0) is 44.3. The molecule has 4 aromatic heterocycles. The lowest BCUT2D eigenvalue weighted by molar-refractivity contribution is -0.128. The molecule has 0 radical (unpaired) electrons. The van der Waals surface area contributed by atoms with Gasteiger partial charge in [-0.1, -0.05) is 36.4 Å². The van der Waals surface area contributed by atoms with Crippen LogP contribution in [0.25, 0.3) is 0 Å². The van der Waals surface area contributed by atoms with Crippen molar-refractivity contribution in [2.45, 2.75) is 36.5 Å². The molecule has 2 amide bonds. The predicted octanol–water partition coefficient (Wildman–Crippen LogP) is 5.32. The highest BCUT2D eigenvalue weighted by Crippen LogP contribution is 2.48. The average molecular weight is 891 g/mol. The van der Waals surface area contributed by atoms with Gasteiger partial charge in [0.15, 0.2) is 0 Å². The SMILES string of the molecule is O.O=C1N(N2CCOCC2)c2ccccc2C1(Cc1ccnc(F)c1)Cc1ccnc(F)c1.O=C1N(N2CCOCC2)c2ccccc2C1(Cc1ccnc(F)c1)Cc1ccnc(F)c1. The molecular weight excluding hydrogens is 845 g/mol. The largest absolute Gasteiger partial charge is 0.412 e. The molecule has 4 aliphatic rings. The van der Waals surface area contributed by atoms with Crippen molar-refractivity contribution in [3.05, 3.63) is 179 Å². The second-order valence-corrected chi connectivity index (χ2v) is 16.2. The van der Waals surface area contributed by atoms with Crippen molar-refractivity contribution in [2.24, 2.45) is 0 Å². The molecule has 0 unspecified atom stereocenters. The van der Waals surface area contributed by atoms with E-state index < -0.39 is 34.6 Å². The third kappa shape index (κ3) is 9.10. The number of ether oxygens (including phenoxy) is 2. The van der Waals surface area contributed by atoms with Gasteiger partial charge in [0.05, 0.1) is 48.6 Å². The highest BCUT2D eigenvalue weighted by Gasteiger charge is 2.54. The Bertz CT molecular complexity index is 2390. The molecule has 65 heavy (non-hydrogen) atoms. The van der Waals surface area contributed by atoms with Crippen molar-refractivity contribution >= 4 is 23.2 Å². The van der Waals surface area contributed by atoms with E-state index in [1.807, 2.05) is 58.5 Å². The van der Waals surface area contributed by atoms with Gasteiger partial charge in [0.2, 0.25) is 23.8 Å². The lowest BCUT2D eigenvalue weighted by atomic mass is 9.72. The van der Waals surface area contributed by atoms with E-state index in [0.717, 1.165) is 22.5 Å². The van der Waals surface area contributed by atoms with E-state index in [2.05, 4.69) is 19.9 Å². The number of hydrogen-bond acceptors (Lipinski definition) is 10. The molecule has 4 aliphatic heterocycles. The summed E-state index contributed by atoms with van der Waals surface area (Å²) in [5.41, 5.74) is 3.81. The molecule has 2 fully saturated rings. The summed E-state index contributed by atoms with van der Waals surface area (Å²) >= 11 is 0. The van der Waals surface area contributed by atoms with Crippen LogP contribution in [0.4, 0.5) is 28.9 Å². The van der Waals surface area contributed by atoms with Crippen molar-refractivity contribution in [1.29, 1.82) is 0 Å². The molecule has 2 N–H and O–H groups in total. The van der Waals surface area contributed by atoms with Gasteiger partial charge in [-0.15, -0.1) is 0 Å². The monoisotopic (exact) mass is 890 g/mol. The first-order chi connectivity index (χ1) is 31.1. The molecule has 0 bridgehead atoms. The smallest absolute Gasteiger partial charge is 0.252 e. The first kappa shape index (κ1) is 45.1. The van der Waals surface area contributed by atoms with Gasteiger partial charge >= 0.3 is 0 Å². The number of para-hydroxylation sites is 2. The Morgan fingerprint density at radius 1 is 0.462 bits per heavy atom. The number of morpholine rings is 2. The summed E-state index contributed by atoms with van der Waals surface area (Å²) < 4.78 is 66.6. The van der Waals surface area contributed by atoms with Crippen molar-refractivity contribution in [2.75, 3.05) is 62.6 Å². The average Bonchev–Trinajstić information content (AvgIpc) is 3.67. The first-order valence-corrected chi connectivity index (χ1v) is 21.1. The van der Waals surface area contributed by atoms with Crippen molar-refractivity contribution in [3.63, 3.8) is 0 Å². The number of fused-ring (bicyclic) bond motifs is 2. The number of benzene rings is 2. The van der Waals surface area contributed by atoms with Gasteiger partial charge in [-0.2, -0.15) is 17.6 Å². The van der Waals surface area contributed by atoms with Gasteiger partial charge in [0, 0.05) is 51.0 Å². The van der Waals surface area contributed by atoms with Crippen LogP contribution in [0.1, 0.15) is 33.4 Å². The molecule has 8 heterocycles. The number of carbonyl (C=O) groups is 2. The van der Waals surface area contributed by atoms with E-state index in [1.165, 1.54) is 49.1 Å². The number of aromatic nitrogens is 4. The molecule has 2 aromatic carbocycles. The summed E-state index contributed by atoms with van der Waals surface area (Å²) in [5.74, 6) is -2.63. The standard InChI is InChI=1S/2C24H22F2N4O2.H2O/c2*25-21-13-17(5-7-27-21)15-24(16-18-6-8-28-22(26)14-18)19-3-1-2-4-20(19)30(23(24)31)29-9-11-32-12-10-29;/h2*1-8,13-14H,9-12,15-16H2;1H2. The Labute approximate surface area is 372 Å². The lowest BCUT2D eigenvalue weighted by Gasteiger charge is -2.36. The van der Waals surface area contributed by atoms with Crippen LogP contribution in [-0.4, -0.2) is 99.9 Å². The maximum atomic E-state index is 14.2. The summed E-state index contributed by atoms with van der Waals surface area (Å²) in [5, 5.41) is 7.44. The second kappa shape index (κ2) is 19.3. The summed E-state index contributed by atoms with van der Waals surface area (Å²) in [6.45, 7) is 4.48. The van der Waals surface area contributed by atoms with E-state index in [1.54, 1.807) is 34.3 Å². The Balaban J connectivity index is 0.000000175. The molecular formula is C48H46F4N8O5. The number of hydrazine groups is 2. The summed E-state index contributed by atoms with van der Waals surface area (Å²) in [6.07, 6.45) is 6.62. The fourth-order valence-corrected chi connectivity index (χ4v) is 9.46. The maximum absolute atomic E-state index is 14.2. The number of nitrogens with zero attached hydrogens (tertiary/aromatic N) is 8. The molecule has 0 atom stereocenters. The summed E-state index contributed by atoms with van der Waals surface area (Å²) in [4.78, 5) is 42.9. The number of halogens is 4. The number of rotatable bonds is 10. The van der Waals surface area contributed by atoms with Crippen LogP contribution in [0.2, 0.25) is 0 Å². The molecule has 0 spiro atoms. The fourth-order valence-electron chi connectivity index (χ4n) is 9.46. The van der Waals surface area contributed by atoms with Crippen molar-refractivity contribution in [3.8, 4) is 0 Å². The Kier molecular flexibility index (Phi) is 13.4. The van der Waals surface area contributed by atoms with E-state index in [0.29, 0.717) is 74.9 Å². The van der Waals surface area contributed by atoms with E-state index in [-0.39, 0.29) is 43.0 Å². The van der Waals surface area contributed by atoms with Gasteiger partial charge in [-0.05, 0) is 120 Å². The Hall–Kier alpha value is -6.50. The normalized spacial score (nSPS) is 17.8. The first-order valence-electron chi connectivity index (χ1n) is 21.1. The summed E-state index contributed by atoms with van der Waals surface area (Å²) in [7, 11) is 0. The zero-order valence-electron chi connectivity index (χ0n) is 35.3. The number of anilines is 2. The van der Waals surface area contributed by atoms with E-state index in [9.17, 15) is 27.2 Å². The van der Waals surface area contributed by atoms with E-state index in [4.69, 9.17) is 9.47 Å². The second-order valence-electron chi connectivity index (χ2n) is 16.2. The van der Waals surface area contributed by atoms with Crippen LogP contribution in [0, 0.1) is 23.8 Å². The topological polar surface area (TPSA) is 149 Å². The molecule has 0 saturated carbocycles. The molecule has 0 aliphatic carbocycles. The van der Waals surface area contributed by atoms with Crippen molar-refractivity contribution in [1.82, 2.24) is 30.0 Å². The van der Waals surface area contributed by atoms with E-state index >= 15 is 0 Å². The minimum atomic E-state index is -1.03. The highest BCUT2D eigenvalue weighted by molar-refractivity contribution is 6.08. The van der Waals surface area contributed by atoms with Gasteiger partial charge in [0.25, 0.3) is 11.8 Å². The Morgan fingerprint density at radius 3 is 1.05 bits per heavy atom. The van der Waals surface area contributed by atoms with Crippen LogP contribution in [0.3, 0.4) is 0 Å². The number of hydrogen-bond donors (Lipinski definition) is 0. The fraction of sp³-hybridized carbons (Fsp3) is 0.292. The number of pyridine rings is 4.